The van der Waals surface area contributed by atoms with E-state index >= 15 is 0 Å². The van der Waals surface area contributed by atoms with Gasteiger partial charge < -0.3 is 19.3 Å². The molecule has 6 heterocycles. The van der Waals surface area contributed by atoms with Crippen LogP contribution in [0, 0.1) is 0 Å². The average Bonchev–Trinajstić information content (AvgIpc) is 2.93. The highest BCUT2D eigenvalue weighted by molar-refractivity contribution is 5.92. The van der Waals surface area contributed by atoms with Gasteiger partial charge in [-0.3, -0.25) is 14.9 Å². The van der Waals surface area contributed by atoms with Crippen LogP contribution >= 0.6 is 0 Å². The number of hydrogen-bond acceptors (Lipinski definition) is 9. The van der Waals surface area contributed by atoms with E-state index < -0.39 is 0 Å². The monoisotopic (exact) mass is 457 g/mol. The summed E-state index contributed by atoms with van der Waals surface area (Å²) in [7, 11) is 0. The fraction of sp³-hybridized carbons (Fsp3) is 0.360. The summed E-state index contributed by atoms with van der Waals surface area (Å²) in [5.74, 6) is 1.76. The Bertz CT molecular complexity index is 1160. The second kappa shape index (κ2) is 9.36. The first-order chi connectivity index (χ1) is 16.9. The predicted molar refractivity (Wildman–Crippen MR) is 131 cm³/mol. The number of rotatable bonds is 4. The first-order valence-corrected chi connectivity index (χ1v) is 11.7. The summed E-state index contributed by atoms with van der Waals surface area (Å²) >= 11 is 0. The molecule has 0 aromatic carbocycles. The van der Waals surface area contributed by atoms with Crippen molar-refractivity contribution < 1.29 is 9.47 Å². The number of aromatic nitrogens is 3. The summed E-state index contributed by atoms with van der Waals surface area (Å²) in [5.41, 5.74) is 3.87. The van der Waals surface area contributed by atoms with Crippen LogP contribution in [0.15, 0.2) is 60.0 Å². The smallest absolute Gasteiger partial charge is 0.169 e. The van der Waals surface area contributed by atoms with Crippen molar-refractivity contribution in [3.63, 3.8) is 0 Å². The zero-order valence-corrected chi connectivity index (χ0v) is 19.0. The second-order valence-corrected chi connectivity index (χ2v) is 8.43. The van der Waals surface area contributed by atoms with E-state index in [1.165, 1.54) is 0 Å². The van der Waals surface area contributed by atoms with Crippen LogP contribution in [0.1, 0.15) is 17.4 Å². The highest BCUT2D eigenvalue weighted by atomic mass is 16.5. The van der Waals surface area contributed by atoms with Crippen LogP contribution in [0.5, 0.6) is 0 Å². The molecule has 2 fully saturated rings. The summed E-state index contributed by atoms with van der Waals surface area (Å²) in [5, 5.41) is 0. The third kappa shape index (κ3) is 3.97. The molecule has 1 atom stereocenters. The largest absolute Gasteiger partial charge is 0.378 e. The number of anilines is 4. The number of nitrogens with zero attached hydrogens (tertiary/aromatic N) is 7. The quantitative estimate of drug-likeness (QED) is 0.592. The molecule has 0 aliphatic carbocycles. The van der Waals surface area contributed by atoms with Gasteiger partial charge in [-0.1, -0.05) is 6.07 Å². The lowest BCUT2D eigenvalue weighted by molar-refractivity contribution is 0.122. The maximum Gasteiger partial charge on any atom is 0.169 e. The van der Waals surface area contributed by atoms with Gasteiger partial charge in [0.2, 0.25) is 0 Å². The minimum Gasteiger partial charge on any atom is -0.378 e. The van der Waals surface area contributed by atoms with Gasteiger partial charge in [0.1, 0.15) is 5.82 Å². The van der Waals surface area contributed by atoms with Crippen molar-refractivity contribution in [2.45, 2.75) is 6.17 Å². The normalized spacial score (nSPS) is 20.4. The van der Waals surface area contributed by atoms with E-state index in [-0.39, 0.29) is 6.17 Å². The SMILES string of the molecule is C1=NC(c2ccccn2)N(c2cc(N3CCOCC3)cnc2N2CCOCC2)c2ncccc21. The molecule has 3 aliphatic rings. The molecule has 0 N–H and O–H groups in total. The van der Waals surface area contributed by atoms with E-state index in [1.807, 2.05) is 55.1 Å². The zero-order chi connectivity index (χ0) is 22.7. The van der Waals surface area contributed by atoms with Crippen molar-refractivity contribution in [1.82, 2.24) is 15.0 Å². The van der Waals surface area contributed by atoms with E-state index in [0.29, 0.717) is 13.2 Å². The number of pyridine rings is 3. The van der Waals surface area contributed by atoms with E-state index in [4.69, 9.17) is 24.4 Å². The standard InChI is InChI=1S/C25H27N7O2/c1-2-6-26-21(5-1)24-28-17-19-4-3-7-27-23(19)32(24)22-16-20(30-8-12-33-13-9-30)18-29-25(22)31-10-14-34-15-11-31/h1-7,16-18,24H,8-15H2. The van der Waals surface area contributed by atoms with E-state index in [1.54, 1.807) is 0 Å². The Morgan fingerprint density at radius 1 is 0.765 bits per heavy atom. The fourth-order valence-corrected chi connectivity index (χ4v) is 4.65. The lowest BCUT2D eigenvalue weighted by Gasteiger charge is -2.38. The van der Waals surface area contributed by atoms with Gasteiger partial charge in [-0.05, 0) is 30.3 Å². The molecule has 0 radical (unpaired) electrons. The molecule has 6 rings (SSSR count). The molecule has 0 spiro atoms. The number of fused-ring (bicyclic) bond motifs is 1. The van der Waals surface area contributed by atoms with Crippen LogP contribution in [0.4, 0.5) is 23.0 Å². The molecule has 0 amide bonds. The Hall–Kier alpha value is -3.56. The second-order valence-electron chi connectivity index (χ2n) is 8.43. The third-order valence-corrected chi connectivity index (χ3v) is 6.38. The van der Waals surface area contributed by atoms with Crippen LogP contribution < -0.4 is 14.7 Å². The van der Waals surface area contributed by atoms with Crippen molar-refractivity contribution in [1.29, 1.82) is 0 Å². The Kier molecular flexibility index (Phi) is 5.78. The summed E-state index contributed by atoms with van der Waals surface area (Å²) in [6.45, 7) is 6.06. The number of hydrogen-bond donors (Lipinski definition) is 0. The number of aliphatic imine (C=N–C) groups is 1. The van der Waals surface area contributed by atoms with Crippen molar-refractivity contribution >= 4 is 29.2 Å². The van der Waals surface area contributed by atoms with E-state index in [2.05, 4.69) is 25.8 Å². The molecule has 9 nitrogen and oxygen atoms in total. The lowest BCUT2D eigenvalue weighted by atomic mass is 10.1. The maximum absolute atomic E-state index is 5.62. The molecule has 174 valence electrons. The van der Waals surface area contributed by atoms with Gasteiger partial charge in [-0.2, -0.15) is 0 Å². The summed E-state index contributed by atoms with van der Waals surface area (Å²) < 4.78 is 11.2. The summed E-state index contributed by atoms with van der Waals surface area (Å²) in [4.78, 5) is 26.1. The topological polar surface area (TPSA) is 79.2 Å². The van der Waals surface area contributed by atoms with Crippen molar-refractivity contribution in [2.24, 2.45) is 4.99 Å². The number of ether oxygens (including phenoxy) is 2. The van der Waals surface area contributed by atoms with Gasteiger partial charge in [0.05, 0.1) is 49.7 Å². The Morgan fingerprint density at radius 3 is 2.29 bits per heavy atom. The first kappa shape index (κ1) is 21.0. The average molecular weight is 458 g/mol. The molecule has 3 aliphatic heterocycles. The van der Waals surface area contributed by atoms with Crippen molar-refractivity contribution in [3.8, 4) is 0 Å². The molecule has 0 saturated carbocycles. The maximum atomic E-state index is 5.62. The molecule has 9 heteroatoms. The fourth-order valence-electron chi connectivity index (χ4n) is 4.65. The Morgan fingerprint density at radius 2 is 1.53 bits per heavy atom. The predicted octanol–water partition coefficient (Wildman–Crippen LogP) is 2.81. The summed E-state index contributed by atoms with van der Waals surface area (Å²) in [6.07, 6.45) is 7.16. The molecule has 3 aromatic rings. The van der Waals surface area contributed by atoms with E-state index in [9.17, 15) is 0 Å². The third-order valence-electron chi connectivity index (χ3n) is 6.38. The minimum absolute atomic E-state index is 0.342. The van der Waals surface area contributed by atoms with Crippen molar-refractivity contribution in [3.05, 3.63) is 66.2 Å². The molecule has 0 bridgehead atoms. The molecule has 1 unspecified atom stereocenters. The molecule has 34 heavy (non-hydrogen) atoms. The van der Waals surface area contributed by atoms with Crippen molar-refractivity contribution in [2.75, 3.05) is 67.3 Å². The Labute approximate surface area is 198 Å². The highest BCUT2D eigenvalue weighted by Crippen LogP contribution is 2.43. The molecule has 3 aromatic heterocycles. The Balaban J connectivity index is 1.52. The highest BCUT2D eigenvalue weighted by Gasteiger charge is 2.33. The van der Waals surface area contributed by atoms with Crippen LogP contribution in [0.25, 0.3) is 0 Å². The molecule has 2 saturated heterocycles. The van der Waals surface area contributed by atoms with Crippen LogP contribution in [0.3, 0.4) is 0 Å². The number of morpholine rings is 2. The van der Waals surface area contributed by atoms with Gasteiger partial charge in [-0.15, -0.1) is 0 Å². The van der Waals surface area contributed by atoms with Crippen LogP contribution in [-0.4, -0.2) is 73.8 Å². The van der Waals surface area contributed by atoms with Gasteiger partial charge in [0.15, 0.2) is 12.0 Å². The van der Waals surface area contributed by atoms with E-state index in [0.717, 1.165) is 73.7 Å². The summed E-state index contributed by atoms with van der Waals surface area (Å²) in [6, 6.07) is 12.1. The van der Waals surface area contributed by atoms with Crippen LogP contribution in [-0.2, 0) is 9.47 Å². The zero-order valence-electron chi connectivity index (χ0n) is 19.0. The van der Waals surface area contributed by atoms with Crippen LogP contribution in [0.2, 0.25) is 0 Å². The molecular weight excluding hydrogens is 430 g/mol. The first-order valence-electron chi connectivity index (χ1n) is 11.7. The van der Waals surface area contributed by atoms with Gasteiger partial charge >= 0.3 is 0 Å². The van der Waals surface area contributed by atoms with Gasteiger partial charge in [-0.25, -0.2) is 9.97 Å². The lowest BCUT2D eigenvalue weighted by Crippen LogP contribution is -2.39. The van der Waals surface area contributed by atoms with Gasteiger partial charge in [0, 0.05) is 50.4 Å². The van der Waals surface area contributed by atoms with Gasteiger partial charge in [0.25, 0.3) is 0 Å². The molecular formula is C25H27N7O2. The minimum atomic E-state index is -0.342.